The second-order valence-electron chi connectivity index (χ2n) is 9.66. The number of nitrogens with zero attached hydrogens (tertiary/aromatic N) is 5. The van der Waals surface area contributed by atoms with Crippen LogP contribution in [-0.2, 0) is 16.8 Å². The van der Waals surface area contributed by atoms with Crippen LogP contribution >= 0.6 is 0 Å². The van der Waals surface area contributed by atoms with Crippen molar-refractivity contribution >= 4 is 23.6 Å². The van der Waals surface area contributed by atoms with Gasteiger partial charge in [-0.05, 0) is 49.9 Å². The van der Waals surface area contributed by atoms with Crippen LogP contribution in [0.15, 0.2) is 54.0 Å². The average molecular weight is 502 g/mol. The molecule has 3 heterocycles. The quantitative estimate of drug-likeness (QED) is 0.278. The Morgan fingerprint density at radius 2 is 1.78 bits per heavy atom. The van der Waals surface area contributed by atoms with Gasteiger partial charge in [-0.1, -0.05) is 30.7 Å². The summed E-state index contributed by atoms with van der Waals surface area (Å²) < 4.78 is 1.45. The van der Waals surface area contributed by atoms with Crippen molar-refractivity contribution in [2.24, 2.45) is 10.7 Å². The minimum atomic E-state index is -0.476. The second-order valence-corrected chi connectivity index (χ2v) is 9.66. The van der Waals surface area contributed by atoms with Gasteiger partial charge >= 0.3 is 0 Å². The lowest BCUT2D eigenvalue weighted by Crippen LogP contribution is -2.47. The maximum atomic E-state index is 12.9. The molecule has 0 spiro atoms. The Bertz CT molecular complexity index is 1290. The molecule has 0 radical (unpaired) electrons. The molecule has 0 atom stereocenters. The Hall–Kier alpha value is -4.12. The van der Waals surface area contributed by atoms with Gasteiger partial charge in [-0.3, -0.25) is 14.3 Å². The Labute approximate surface area is 214 Å². The number of rotatable bonds is 7. The summed E-state index contributed by atoms with van der Waals surface area (Å²) in [4.78, 5) is 37.6. The molecule has 0 unspecified atom stereocenters. The van der Waals surface area contributed by atoms with Gasteiger partial charge in [0, 0.05) is 30.2 Å². The monoisotopic (exact) mass is 501 g/mol. The first-order chi connectivity index (χ1) is 17.9. The third kappa shape index (κ3) is 5.36. The molecule has 1 saturated heterocycles. The van der Waals surface area contributed by atoms with Crippen molar-refractivity contribution in [1.82, 2.24) is 30.4 Å². The molecule has 2 aromatic heterocycles. The molecule has 11 nitrogen and oxygen atoms in total. The van der Waals surface area contributed by atoms with E-state index in [2.05, 4.69) is 30.7 Å². The number of hydrogen-bond acceptors (Lipinski definition) is 7. The van der Waals surface area contributed by atoms with E-state index in [1.165, 1.54) is 17.1 Å². The summed E-state index contributed by atoms with van der Waals surface area (Å²) in [7, 11) is 0. The summed E-state index contributed by atoms with van der Waals surface area (Å²) in [5.41, 5.74) is 14.7. The molecule has 2 fully saturated rings. The first-order valence-corrected chi connectivity index (χ1v) is 12.5. The lowest BCUT2D eigenvalue weighted by atomic mass is 9.63. The van der Waals surface area contributed by atoms with E-state index in [1.54, 1.807) is 12.4 Å². The molecule has 3 aromatic rings. The standard InChI is InChI=1S/C26H31N9O2/c27-24(26(8-1-9-26)20-4-2-17(3-5-20)18-12-30-25(28)31-13-18)34-23(37)19-14-32-35(15-19)16-22(36)33-21-6-10-29-11-7-21/h2-5,12-15,21,29H,1,6-11,16H2,(H,33,36)(H2,27,34,37)(H2,28,30,31). The third-order valence-corrected chi connectivity index (χ3v) is 7.25. The SMILES string of the molecule is NC(=NC(=O)c1cnn(CC(=O)NC2CCNCC2)c1)C1(c2ccc(-c3cnc(N)nc3)cc2)CCC1. The summed E-state index contributed by atoms with van der Waals surface area (Å²) in [5, 5.41) is 10.5. The van der Waals surface area contributed by atoms with Gasteiger partial charge in [-0.2, -0.15) is 10.1 Å². The van der Waals surface area contributed by atoms with E-state index in [0.717, 1.165) is 61.9 Å². The van der Waals surface area contributed by atoms with E-state index in [4.69, 9.17) is 11.5 Å². The lowest BCUT2D eigenvalue weighted by molar-refractivity contribution is -0.122. The van der Waals surface area contributed by atoms with E-state index < -0.39 is 11.3 Å². The number of aromatic nitrogens is 4. The van der Waals surface area contributed by atoms with Crippen LogP contribution < -0.4 is 22.1 Å². The maximum absolute atomic E-state index is 12.9. The van der Waals surface area contributed by atoms with Gasteiger partial charge in [-0.15, -0.1) is 0 Å². The number of carbonyl (C=O) groups excluding carboxylic acids is 2. The highest BCUT2D eigenvalue weighted by atomic mass is 16.2. The van der Waals surface area contributed by atoms with Gasteiger partial charge in [0.15, 0.2) is 0 Å². The minimum absolute atomic E-state index is 0.0474. The zero-order valence-electron chi connectivity index (χ0n) is 20.6. The smallest absolute Gasteiger partial charge is 0.281 e. The van der Waals surface area contributed by atoms with Crippen LogP contribution in [0.25, 0.3) is 11.1 Å². The molecule has 6 N–H and O–H groups in total. The zero-order valence-corrected chi connectivity index (χ0v) is 20.6. The van der Waals surface area contributed by atoms with E-state index in [0.29, 0.717) is 11.4 Å². The van der Waals surface area contributed by atoms with Crippen molar-refractivity contribution in [2.45, 2.75) is 50.1 Å². The highest BCUT2D eigenvalue weighted by molar-refractivity contribution is 6.06. The predicted molar refractivity (Wildman–Crippen MR) is 140 cm³/mol. The average Bonchev–Trinajstić information content (AvgIpc) is 3.33. The molecular weight excluding hydrogens is 470 g/mol. The number of benzene rings is 1. The highest BCUT2D eigenvalue weighted by Gasteiger charge is 2.43. The van der Waals surface area contributed by atoms with Gasteiger partial charge < -0.3 is 22.1 Å². The zero-order chi connectivity index (χ0) is 25.8. The van der Waals surface area contributed by atoms with E-state index >= 15 is 0 Å². The van der Waals surface area contributed by atoms with Crippen LogP contribution in [0.4, 0.5) is 5.95 Å². The number of amidine groups is 1. The van der Waals surface area contributed by atoms with Crippen molar-refractivity contribution in [2.75, 3.05) is 18.8 Å². The fraction of sp³-hybridized carbons (Fsp3) is 0.385. The van der Waals surface area contributed by atoms with Crippen molar-refractivity contribution in [1.29, 1.82) is 0 Å². The largest absolute Gasteiger partial charge is 0.386 e. The molecule has 11 heteroatoms. The van der Waals surface area contributed by atoms with Crippen molar-refractivity contribution in [3.05, 3.63) is 60.2 Å². The molecule has 1 aliphatic heterocycles. The number of piperidine rings is 1. The molecule has 5 rings (SSSR count). The number of aliphatic imine (C=N–C) groups is 1. The molecule has 1 aromatic carbocycles. The van der Waals surface area contributed by atoms with Crippen molar-refractivity contribution < 1.29 is 9.59 Å². The predicted octanol–water partition coefficient (Wildman–Crippen LogP) is 1.41. The van der Waals surface area contributed by atoms with Crippen molar-refractivity contribution in [3.63, 3.8) is 0 Å². The fourth-order valence-corrected chi connectivity index (χ4v) is 4.92. The van der Waals surface area contributed by atoms with Crippen LogP contribution in [0.5, 0.6) is 0 Å². The summed E-state index contributed by atoms with van der Waals surface area (Å²) in [6, 6.07) is 8.16. The van der Waals surface area contributed by atoms with Gasteiger partial charge in [0.2, 0.25) is 11.9 Å². The number of nitrogens with one attached hydrogen (secondary N) is 2. The molecule has 2 amide bonds. The van der Waals surface area contributed by atoms with E-state index in [1.807, 2.05) is 24.3 Å². The first kappa shape index (κ1) is 24.6. The fourth-order valence-electron chi connectivity index (χ4n) is 4.92. The first-order valence-electron chi connectivity index (χ1n) is 12.5. The number of anilines is 1. The van der Waals surface area contributed by atoms with Gasteiger partial charge in [-0.25, -0.2) is 9.97 Å². The number of nitrogens with two attached hydrogens (primary N) is 2. The maximum Gasteiger partial charge on any atom is 0.281 e. The van der Waals surface area contributed by atoms with Gasteiger partial charge in [0.1, 0.15) is 12.4 Å². The van der Waals surface area contributed by atoms with Crippen molar-refractivity contribution in [3.8, 4) is 11.1 Å². The van der Waals surface area contributed by atoms with E-state index in [9.17, 15) is 9.59 Å². The third-order valence-electron chi connectivity index (χ3n) is 7.25. The summed E-state index contributed by atoms with van der Waals surface area (Å²) in [6.45, 7) is 1.84. The van der Waals surface area contributed by atoms with Crippen LogP contribution in [0, 0.1) is 0 Å². The van der Waals surface area contributed by atoms with Gasteiger partial charge in [0.25, 0.3) is 5.91 Å². The molecular formula is C26H31N9O2. The Balaban J connectivity index is 1.26. The van der Waals surface area contributed by atoms with Crippen LogP contribution in [0.2, 0.25) is 0 Å². The Morgan fingerprint density at radius 1 is 1.08 bits per heavy atom. The topological polar surface area (TPSA) is 166 Å². The Morgan fingerprint density at radius 3 is 2.43 bits per heavy atom. The molecule has 2 aliphatic rings. The number of hydrogen-bond donors (Lipinski definition) is 4. The molecule has 1 aliphatic carbocycles. The lowest BCUT2D eigenvalue weighted by Gasteiger charge is -2.41. The summed E-state index contributed by atoms with van der Waals surface area (Å²) in [6.07, 6.45) is 10.8. The summed E-state index contributed by atoms with van der Waals surface area (Å²) in [5.74, 6) is -0.0685. The van der Waals surface area contributed by atoms with Crippen LogP contribution in [-0.4, -0.2) is 56.5 Å². The molecule has 37 heavy (non-hydrogen) atoms. The van der Waals surface area contributed by atoms with E-state index in [-0.39, 0.29) is 24.4 Å². The van der Waals surface area contributed by atoms with Crippen LogP contribution in [0.1, 0.15) is 48.0 Å². The van der Waals surface area contributed by atoms with Crippen LogP contribution in [0.3, 0.4) is 0 Å². The molecule has 0 bridgehead atoms. The number of nitrogen functional groups attached to an aromatic ring is 1. The number of amides is 2. The second kappa shape index (κ2) is 10.5. The normalized spacial score (nSPS) is 17.7. The Kier molecular flexibility index (Phi) is 6.95. The number of carbonyl (C=O) groups is 2. The molecule has 1 saturated carbocycles. The van der Waals surface area contributed by atoms with Gasteiger partial charge in [0.05, 0.1) is 17.2 Å². The highest BCUT2D eigenvalue weighted by Crippen LogP contribution is 2.44. The summed E-state index contributed by atoms with van der Waals surface area (Å²) >= 11 is 0. The molecule has 192 valence electrons. The minimum Gasteiger partial charge on any atom is -0.386 e.